The molecule has 0 unspecified atom stereocenters. The molecule has 5 rings (SSSR count). The van der Waals surface area contributed by atoms with Crippen LogP contribution in [0.5, 0.6) is 5.75 Å². The number of amides is 1. The first kappa shape index (κ1) is 26.1. The van der Waals surface area contributed by atoms with Gasteiger partial charge in [-0.05, 0) is 71.1 Å². The van der Waals surface area contributed by atoms with Gasteiger partial charge in [0.1, 0.15) is 24.2 Å². The van der Waals surface area contributed by atoms with E-state index in [0.717, 1.165) is 23.2 Å². The molecule has 0 atom stereocenters. The van der Waals surface area contributed by atoms with Gasteiger partial charge >= 0.3 is 0 Å². The largest absolute Gasteiger partial charge is 0.495 e. The molecule has 0 spiro atoms. The number of carbonyl (C=O) groups is 1. The average molecular weight is 596 g/mol. The summed E-state index contributed by atoms with van der Waals surface area (Å²) >= 11 is 3.52. The summed E-state index contributed by atoms with van der Waals surface area (Å²) in [5, 5.41) is 7.19. The van der Waals surface area contributed by atoms with Crippen molar-refractivity contribution in [3.8, 4) is 5.75 Å². The van der Waals surface area contributed by atoms with Crippen molar-refractivity contribution in [1.29, 1.82) is 0 Å². The van der Waals surface area contributed by atoms with Crippen LogP contribution in [0, 0.1) is 0 Å². The first-order valence-electron chi connectivity index (χ1n) is 11.9. The van der Waals surface area contributed by atoms with Crippen molar-refractivity contribution >= 4 is 68.5 Å². The van der Waals surface area contributed by atoms with E-state index in [9.17, 15) is 9.36 Å². The number of hydrogen-bond donors (Lipinski definition) is 2. The fourth-order valence-electron chi connectivity index (χ4n) is 4.55. The van der Waals surface area contributed by atoms with Gasteiger partial charge < -0.3 is 24.8 Å². The molecule has 2 N–H and O–H groups in total. The second-order valence-corrected chi connectivity index (χ2v) is 13.4. The number of nitrogens with one attached hydrogen (secondary N) is 2. The van der Waals surface area contributed by atoms with Crippen LogP contribution >= 0.6 is 23.1 Å². The van der Waals surface area contributed by atoms with Gasteiger partial charge in [-0.3, -0.25) is 14.8 Å². The van der Waals surface area contributed by atoms with Gasteiger partial charge in [-0.25, -0.2) is 4.98 Å². The Labute approximate surface area is 228 Å². The standard InChI is InChI=1S/C26H27BrN7O3P/c1-15(35)34-10-7-16-11-21(22(37-2)12-17(16)14-34)32-26-30-13-18(27)25(33-26)31-20-6-5-19-23(29-9-8-28-19)24(20)38(3,4)36/h5-6,8-9,11-13H,7,10,14H2,1-4H3,(H2,30,31,32,33). The van der Waals surface area contributed by atoms with Crippen molar-refractivity contribution in [1.82, 2.24) is 24.8 Å². The van der Waals surface area contributed by atoms with Gasteiger partial charge in [-0.1, -0.05) is 0 Å². The number of aromatic nitrogens is 4. The quantitative estimate of drug-likeness (QED) is 0.302. The number of hydrogen-bond acceptors (Lipinski definition) is 9. The highest BCUT2D eigenvalue weighted by molar-refractivity contribution is 9.10. The Morgan fingerprint density at radius 1 is 1.08 bits per heavy atom. The molecule has 0 saturated heterocycles. The van der Waals surface area contributed by atoms with Gasteiger partial charge in [0.05, 0.1) is 33.8 Å². The SMILES string of the molecule is COc1cc2c(cc1Nc1ncc(Br)c(Nc3ccc4nccnc4c3P(C)(C)=O)n1)CCN(C(C)=O)C2. The van der Waals surface area contributed by atoms with Gasteiger partial charge in [0, 0.05) is 38.6 Å². The number of ether oxygens (including phenoxy) is 1. The Morgan fingerprint density at radius 3 is 2.61 bits per heavy atom. The lowest BCUT2D eigenvalue weighted by atomic mass is 9.98. The smallest absolute Gasteiger partial charge is 0.229 e. The Hall–Kier alpha value is -3.56. The lowest BCUT2D eigenvalue weighted by Gasteiger charge is -2.29. The van der Waals surface area contributed by atoms with E-state index in [0.29, 0.717) is 57.1 Å². The van der Waals surface area contributed by atoms with Crippen LogP contribution in [0.25, 0.3) is 11.0 Å². The molecule has 0 aliphatic carbocycles. The van der Waals surface area contributed by atoms with E-state index in [1.165, 1.54) is 0 Å². The highest BCUT2D eigenvalue weighted by Gasteiger charge is 2.23. The predicted molar refractivity (Wildman–Crippen MR) is 153 cm³/mol. The van der Waals surface area contributed by atoms with Gasteiger partial charge in [0.25, 0.3) is 0 Å². The van der Waals surface area contributed by atoms with Crippen LogP contribution in [0.4, 0.5) is 23.1 Å². The number of benzene rings is 2. The Bertz CT molecular complexity index is 1610. The van der Waals surface area contributed by atoms with E-state index in [2.05, 4.69) is 46.5 Å². The molecule has 0 bridgehead atoms. The summed E-state index contributed by atoms with van der Waals surface area (Å²) in [5.74, 6) is 1.54. The number of methoxy groups -OCH3 is 1. The Morgan fingerprint density at radius 2 is 1.87 bits per heavy atom. The minimum atomic E-state index is -2.73. The number of halogens is 1. The highest BCUT2D eigenvalue weighted by Crippen LogP contribution is 2.41. The summed E-state index contributed by atoms with van der Waals surface area (Å²) in [5.41, 5.74) is 4.83. The minimum absolute atomic E-state index is 0.0595. The number of nitrogens with zero attached hydrogens (tertiary/aromatic N) is 5. The van der Waals surface area contributed by atoms with Crippen LogP contribution in [-0.4, -0.2) is 57.7 Å². The predicted octanol–water partition coefficient (Wildman–Crippen LogP) is 4.83. The zero-order valence-corrected chi connectivity index (χ0v) is 23.9. The molecular formula is C26H27BrN7O3P. The van der Waals surface area contributed by atoms with Gasteiger partial charge in [0.2, 0.25) is 11.9 Å². The van der Waals surface area contributed by atoms with Crippen molar-refractivity contribution in [2.24, 2.45) is 0 Å². The molecule has 1 aliphatic heterocycles. The first-order valence-corrected chi connectivity index (χ1v) is 15.3. The monoisotopic (exact) mass is 595 g/mol. The van der Waals surface area contributed by atoms with Crippen LogP contribution in [0.3, 0.4) is 0 Å². The molecule has 196 valence electrons. The lowest BCUT2D eigenvalue weighted by Crippen LogP contribution is -2.34. The fraction of sp³-hybridized carbons (Fsp3) is 0.269. The van der Waals surface area contributed by atoms with Gasteiger partial charge in [0.15, 0.2) is 0 Å². The minimum Gasteiger partial charge on any atom is -0.495 e. The lowest BCUT2D eigenvalue weighted by molar-refractivity contribution is -0.129. The molecule has 3 heterocycles. The maximum Gasteiger partial charge on any atom is 0.229 e. The third kappa shape index (κ3) is 5.21. The van der Waals surface area contributed by atoms with Crippen molar-refractivity contribution in [3.63, 3.8) is 0 Å². The number of fused-ring (bicyclic) bond motifs is 2. The molecule has 1 amide bonds. The van der Waals surface area contributed by atoms with Crippen molar-refractivity contribution in [3.05, 3.63) is 58.5 Å². The Kier molecular flexibility index (Phi) is 7.07. The summed E-state index contributed by atoms with van der Waals surface area (Å²) in [4.78, 5) is 31.6. The van der Waals surface area contributed by atoms with Crippen LogP contribution in [-0.2, 0) is 22.3 Å². The second kappa shape index (κ2) is 10.3. The van der Waals surface area contributed by atoms with E-state index in [1.807, 2.05) is 29.2 Å². The first-order chi connectivity index (χ1) is 18.1. The Balaban J connectivity index is 1.48. The normalized spacial score (nSPS) is 13.2. The van der Waals surface area contributed by atoms with E-state index < -0.39 is 7.14 Å². The van der Waals surface area contributed by atoms with E-state index in [4.69, 9.17) is 4.74 Å². The molecule has 38 heavy (non-hydrogen) atoms. The van der Waals surface area contributed by atoms with E-state index >= 15 is 0 Å². The van der Waals surface area contributed by atoms with Crippen LogP contribution in [0.1, 0.15) is 18.1 Å². The van der Waals surface area contributed by atoms with E-state index in [1.54, 1.807) is 46.0 Å². The zero-order valence-electron chi connectivity index (χ0n) is 21.4. The van der Waals surface area contributed by atoms with Crippen molar-refractivity contribution in [2.75, 3.05) is 37.6 Å². The third-order valence-corrected chi connectivity index (χ3v) is 8.49. The average Bonchev–Trinajstić information content (AvgIpc) is 2.89. The van der Waals surface area contributed by atoms with Crippen LogP contribution in [0.15, 0.2) is 47.3 Å². The maximum atomic E-state index is 13.3. The maximum absolute atomic E-state index is 13.3. The molecule has 10 nitrogen and oxygen atoms in total. The molecule has 0 saturated carbocycles. The summed E-state index contributed by atoms with van der Waals surface area (Å²) in [6, 6.07) is 7.65. The summed E-state index contributed by atoms with van der Waals surface area (Å²) in [6.45, 7) is 6.24. The topological polar surface area (TPSA) is 122 Å². The zero-order chi connectivity index (χ0) is 27.0. The number of carbonyl (C=O) groups excluding carboxylic acids is 1. The second-order valence-electron chi connectivity index (χ2n) is 9.39. The van der Waals surface area contributed by atoms with E-state index in [-0.39, 0.29) is 5.91 Å². The summed E-state index contributed by atoms with van der Waals surface area (Å²) in [7, 11) is -1.13. The summed E-state index contributed by atoms with van der Waals surface area (Å²) < 4.78 is 19.5. The van der Waals surface area contributed by atoms with Gasteiger partial charge in [-0.2, -0.15) is 4.98 Å². The molecule has 2 aromatic carbocycles. The van der Waals surface area contributed by atoms with Crippen LogP contribution < -0.4 is 20.7 Å². The molecule has 0 fully saturated rings. The summed E-state index contributed by atoms with van der Waals surface area (Å²) in [6.07, 6.45) is 5.61. The third-order valence-electron chi connectivity index (χ3n) is 6.38. The number of rotatable bonds is 6. The molecule has 2 aromatic heterocycles. The molecule has 4 aromatic rings. The molecule has 1 aliphatic rings. The molecule has 0 radical (unpaired) electrons. The van der Waals surface area contributed by atoms with Crippen LogP contribution in [0.2, 0.25) is 0 Å². The molecular weight excluding hydrogens is 569 g/mol. The van der Waals surface area contributed by atoms with Gasteiger partial charge in [-0.15, -0.1) is 0 Å². The molecule has 12 heteroatoms. The highest BCUT2D eigenvalue weighted by atomic mass is 79.9. The van der Waals surface area contributed by atoms with Crippen molar-refractivity contribution < 1.29 is 14.1 Å². The number of anilines is 4. The fourth-order valence-corrected chi connectivity index (χ4v) is 6.24. The van der Waals surface area contributed by atoms with Crippen molar-refractivity contribution in [2.45, 2.75) is 19.9 Å².